The number of halogens is 1. The molecule has 1 aliphatic heterocycles. The summed E-state index contributed by atoms with van der Waals surface area (Å²) < 4.78 is 17.2. The molecule has 0 saturated carbocycles. The molecule has 7 heteroatoms. The Morgan fingerprint density at radius 3 is 2.28 bits per heavy atom. The normalized spacial score (nSPS) is 12.7. The number of carbonyl (C=O) groups is 2. The molecule has 0 amide bonds. The number of nitrogens with zero attached hydrogens (tertiary/aromatic N) is 1. The van der Waals surface area contributed by atoms with Crippen LogP contribution in [0.4, 0.5) is 0 Å². The lowest BCUT2D eigenvalue weighted by molar-refractivity contribution is 0.0556. The maximum absolute atomic E-state index is 12.3. The van der Waals surface area contributed by atoms with Gasteiger partial charge in [-0.15, -0.1) is 0 Å². The molecule has 3 rings (SSSR count). The first-order valence-corrected chi connectivity index (χ1v) is 7.85. The van der Waals surface area contributed by atoms with E-state index in [9.17, 15) is 9.59 Å². The van der Waals surface area contributed by atoms with Gasteiger partial charge < -0.3 is 18.8 Å². The Morgan fingerprint density at radius 1 is 1.08 bits per heavy atom. The number of benzene rings is 1. The minimum atomic E-state index is -0.606. The number of hydrogen-bond donors (Lipinski definition) is 0. The van der Waals surface area contributed by atoms with Crippen molar-refractivity contribution in [3.05, 3.63) is 57.4 Å². The topological polar surface area (TPSA) is 66.8 Å². The first kappa shape index (κ1) is 17.1. The smallest absolute Gasteiger partial charge is 0.340 e. The van der Waals surface area contributed by atoms with Crippen molar-refractivity contribution in [1.29, 1.82) is 0 Å². The molecule has 6 nitrogen and oxygen atoms in total. The van der Waals surface area contributed by atoms with Gasteiger partial charge in [-0.05, 0) is 31.2 Å². The second-order valence-electron chi connectivity index (χ2n) is 5.42. The molecule has 0 spiro atoms. The summed E-state index contributed by atoms with van der Waals surface area (Å²) in [6.45, 7) is 1.89. The van der Waals surface area contributed by atoms with Crippen LogP contribution in [0.25, 0.3) is 11.8 Å². The molecule has 0 bridgehead atoms. The SMILES string of the molecule is COC(=O)c1c(C(=O)OC)c2n(c1C)COC(c1ccc(Cl)cc1)=C2. The van der Waals surface area contributed by atoms with Crippen LogP contribution < -0.4 is 0 Å². The second kappa shape index (κ2) is 6.64. The fraction of sp³-hybridized carbons (Fsp3) is 0.222. The van der Waals surface area contributed by atoms with Crippen LogP contribution in [-0.4, -0.2) is 30.7 Å². The zero-order chi connectivity index (χ0) is 18.1. The molecule has 0 unspecified atom stereocenters. The largest absolute Gasteiger partial charge is 0.472 e. The molecule has 0 radical (unpaired) electrons. The zero-order valence-electron chi connectivity index (χ0n) is 14.0. The van der Waals surface area contributed by atoms with Crippen molar-refractivity contribution >= 4 is 35.4 Å². The van der Waals surface area contributed by atoms with E-state index in [2.05, 4.69) is 0 Å². The molecule has 1 aromatic heterocycles. The van der Waals surface area contributed by atoms with Crippen LogP contribution >= 0.6 is 11.6 Å². The van der Waals surface area contributed by atoms with E-state index in [1.807, 2.05) is 12.1 Å². The van der Waals surface area contributed by atoms with Gasteiger partial charge in [0.25, 0.3) is 0 Å². The summed E-state index contributed by atoms with van der Waals surface area (Å²) in [4.78, 5) is 24.5. The van der Waals surface area contributed by atoms with Crippen molar-refractivity contribution in [3.8, 4) is 0 Å². The molecule has 130 valence electrons. The van der Waals surface area contributed by atoms with E-state index in [4.69, 9.17) is 25.8 Å². The fourth-order valence-corrected chi connectivity index (χ4v) is 2.94. The summed E-state index contributed by atoms with van der Waals surface area (Å²) in [7, 11) is 2.54. The summed E-state index contributed by atoms with van der Waals surface area (Å²) in [6, 6.07) is 7.14. The van der Waals surface area contributed by atoms with Crippen molar-refractivity contribution < 1.29 is 23.8 Å². The van der Waals surface area contributed by atoms with E-state index in [1.165, 1.54) is 14.2 Å². The Balaban J connectivity index is 2.19. The number of hydrogen-bond acceptors (Lipinski definition) is 5. The van der Waals surface area contributed by atoms with Crippen molar-refractivity contribution in [2.24, 2.45) is 0 Å². The van der Waals surface area contributed by atoms with Gasteiger partial charge in [-0.3, -0.25) is 0 Å². The summed E-state index contributed by atoms with van der Waals surface area (Å²) in [6.07, 6.45) is 1.71. The molecule has 0 fully saturated rings. The molecule has 0 N–H and O–H groups in total. The molecule has 0 atom stereocenters. The number of carbonyl (C=O) groups excluding carboxylic acids is 2. The summed E-state index contributed by atoms with van der Waals surface area (Å²) in [5.74, 6) is -0.629. The molecular formula is C18H16ClNO5. The van der Waals surface area contributed by atoms with Gasteiger partial charge >= 0.3 is 11.9 Å². The zero-order valence-corrected chi connectivity index (χ0v) is 14.7. The molecule has 1 aliphatic rings. The van der Waals surface area contributed by atoms with Gasteiger partial charge in [0.05, 0.1) is 31.0 Å². The van der Waals surface area contributed by atoms with Crippen molar-refractivity contribution in [2.45, 2.75) is 13.7 Å². The quantitative estimate of drug-likeness (QED) is 0.783. The fourth-order valence-electron chi connectivity index (χ4n) is 2.82. The summed E-state index contributed by atoms with van der Waals surface area (Å²) in [5.41, 5.74) is 2.28. The minimum absolute atomic E-state index is 0.163. The van der Waals surface area contributed by atoms with Gasteiger partial charge in [0.2, 0.25) is 0 Å². The molecule has 0 saturated heterocycles. The van der Waals surface area contributed by atoms with Gasteiger partial charge in [-0.1, -0.05) is 11.6 Å². The highest BCUT2D eigenvalue weighted by Crippen LogP contribution is 2.33. The molecular weight excluding hydrogens is 346 g/mol. The number of fused-ring (bicyclic) bond motifs is 1. The molecule has 1 aromatic carbocycles. The number of aromatic nitrogens is 1. The highest BCUT2D eigenvalue weighted by atomic mass is 35.5. The lowest BCUT2D eigenvalue weighted by Gasteiger charge is -2.20. The first-order valence-electron chi connectivity index (χ1n) is 7.48. The minimum Gasteiger partial charge on any atom is -0.472 e. The third-order valence-corrected chi connectivity index (χ3v) is 4.34. The highest BCUT2D eigenvalue weighted by Gasteiger charge is 2.32. The summed E-state index contributed by atoms with van der Waals surface area (Å²) >= 11 is 5.92. The van der Waals surface area contributed by atoms with Crippen LogP contribution in [0.2, 0.25) is 5.02 Å². The first-order chi connectivity index (χ1) is 12.0. The highest BCUT2D eigenvalue weighted by molar-refractivity contribution is 6.30. The van der Waals surface area contributed by atoms with Gasteiger partial charge in [-0.2, -0.15) is 0 Å². The van der Waals surface area contributed by atoms with Crippen molar-refractivity contribution in [1.82, 2.24) is 4.57 Å². The Labute approximate surface area is 149 Å². The average Bonchev–Trinajstić information content (AvgIpc) is 2.93. The molecule has 0 aliphatic carbocycles. The Hall–Kier alpha value is -2.73. The number of rotatable bonds is 3. The van der Waals surface area contributed by atoms with E-state index < -0.39 is 11.9 Å². The Morgan fingerprint density at radius 2 is 1.68 bits per heavy atom. The van der Waals surface area contributed by atoms with Crippen LogP contribution in [-0.2, 0) is 20.9 Å². The number of esters is 2. The molecule has 25 heavy (non-hydrogen) atoms. The second-order valence-corrected chi connectivity index (χ2v) is 5.86. The summed E-state index contributed by atoms with van der Waals surface area (Å²) in [5, 5.41) is 0.614. The Bertz CT molecular complexity index is 880. The number of methoxy groups -OCH3 is 2. The number of ether oxygens (including phenoxy) is 3. The van der Waals surface area contributed by atoms with Gasteiger partial charge in [0.1, 0.15) is 5.76 Å². The monoisotopic (exact) mass is 361 g/mol. The van der Waals surface area contributed by atoms with Gasteiger partial charge in [0, 0.05) is 22.4 Å². The van der Waals surface area contributed by atoms with E-state index in [0.29, 0.717) is 22.2 Å². The van der Waals surface area contributed by atoms with Crippen LogP contribution in [0.5, 0.6) is 0 Å². The average molecular weight is 362 g/mol. The van der Waals surface area contributed by atoms with Gasteiger partial charge in [0.15, 0.2) is 6.73 Å². The predicted octanol–water partition coefficient (Wildman–Crippen LogP) is 3.51. The van der Waals surface area contributed by atoms with E-state index >= 15 is 0 Å². The standard InChI is InChI=1S/C18H16ClNO5/c1-10-15(17(21)23-2)16(18(22)24-3)13-8-14(25-9-20(10)13)11-4-6-12(19)7-5-11/h4-8H,9H2,1-3H3. The lowest BCUT2D eigenvalue weighted by atomic mass is 10.1. The van der Waals surface area contributed by atoms with E-state index in [-0.39, 0.29) is 17.9 Å². The van der Waals surface area contributed by atoms with Crippen molar-refractivity contribution in [3.63, 3.8) is 0 Å². The maximum Gasteiger partial charge on any atom is 0.340 e. The van der Waals surface area contributed by atoms with Gasteiger partial charge in [-0.25, -0.2) is 9.59 Å². The van der Waals surface area contributed by atoms with Crippen LogP contribution in [0.15, 0.2) is 24.3 Å². The maximum atomic E-state index is 12.3. The Kier molecular flexibility index (Phi) is 4.55. The third-order valence-electron chi connectivity index (χ3n) is 4.09. The van der Waals surface area contributed by atoms with Crippen LogP contribution in [0, 0.1) is 6.92 Å². The van der Waals surface area contributed by atoms with Crippen LogP contribution in [0.1, 0.15) is 37.7 Å². The molecule has 2 heterocycles. The van der Waals surface area contributed by atoms with E-state index in [1.54, 1.807) is 29.7 Å². The third kappa shape index (κ3) is 2.89. The predicted molar refractivity (Wildman–Crippen MR) is 92.3 cm³/mol. The van der Waals surface area contributed by atoms with Crippen LogP contribution in [0.3, 0.4) is 0 Å². The molecule has 2 aromatic rings. The van der Waals surface area contributed by atoms with E-state index in [0.717, 1.165) is 5.56 Å². The lowest BCUT2D eigenvalue weighted by Crippen LogP contribution is -2.13. The van der Waals surface area contributed by atoms with Crippen molar-refractivity contribution in [2.75, 3.05) is 14.2 Å².